The maximum Gasteiger partial charge on any atom is 0.251 e. The summed E-state index contributed by atoms with van der Waals surface area (Å²) in [6.07, 6.45) is 3.57. The minimum Gasteiger partial charge on any atom is -0.351 e. The lowest BCUT2D eigenvalue weighted by Crippen LogP contribution is -2.46. The molecular weight excluding hydrogens is 360 g/mol. The van der Waals surface area contributed by atoms with Gasteiger partial charge in [0, 0.05) is 61.9 Å². The fourth-order valence-corrected chi connectivity index (χ4v) is 4.69. The molecule has 0 saturated carbocycles. The van der Waals surface area contributed by atoms with Crippen molar-refractivity contribution < 1.29 is 4.79 Å². The number of aromatic nitrogens is 1. The Hall–Kier alpha value is -2.11. The molecule has 0 spiro atoms. The van der Waals surface area contributed by atoms with Crippen molar-refractivity contribution in [2.45, 2.75) is 33.1 Å². The number of aryl methyl sites for hydroxylation is 1. The molecule has 1 saturated heterocycles. The summed E-state index contributed by atoms with van der Waals surface area (Å²) >= 11 is 0. The smallest absolute Gasteiger partial charge is 0.251 e. The summed E-state index contributed by atoms with van der Waals surface area (Å²) in [4.78, 5) is 17.3. The molecule has 156 valence electrons. The zero-order chi connectivity index (χ0) is 20.4. The van der Waals surface area contributed by atoms with Gasteiger partial charge in [0.25, 0.3) is 5.91 Å². The van der Waals surface area contributed by atoms with Crippen LogP contribution >= 0.6 is 0 Å². The maximum absolute atomic E-state index is 12.5. The van der Waals surface area contributed by atoms with Crippen LogP contribution in [0.2, 0.25) is 0 Å². The van der Waals surface area contributed by atoms with E-state index in [1.807, 2.05) is 12.1 Å². The summed E-state index contributed by atoms with van der Waals surface area (Å²) in [5.41, 5.74) is 6.12. The van der Waals surface area contributed by atoms with Gasteiger partial charge in [0.2, 0.25) is 0 Å². The molecule has 0 unspecified atom stereocenters. The summed E-state index contributed by atoms with van der Waals surface area (Å²) < 4.78 is 2.37. The average Bonchev–Trinajstić information content (AvgIpc) is 3.04. The molecular formula is C24H34N4O. The topological polar surface area (TPSA) is 40.5 Å². The second-order valence-electron chi connectivity index (χ2n) is 8.89. The van der Waals surface area contributed by atoms with Crippen LogP contribution in [0.1, 0.15) is 40.7 Å². The van der Waals surface area contributed by atoms with E-state index in [1.165, 1.54) is 29.8 Å². The van der Waals surface area contributed by atoms with Gasteiger partial charge in [-0.1, -0.05) is 6.92 Å². The molecule has 29 heavy (non-hydrogen) atoms. The van der Waals surface area contributed by atoms with E-state index in [1.54, 1.807) is 0 Å². The van der Waals surface area contributed by atoms with E-state index in [-0.39, 0.29) is 5.91 Å². The van der Waals surface area contributed by atoms with E-state index in [2.05, 4.69) is 58.8 Å². The molecule has 1 amide bonds. The Morgan fingerprint density at radius 1 is 1.14 bits per heavy atom. The van der Waals surface area contributed by atoms with E-state index in [0.717, 1.165) is 56.3 Å². The fourth-order valence-electron chi connectivity index (χ4n) is 4.69. The Labute approximate surface area is 174 Å². The van der Waals surface area contributed by atoms with Crippen molar-refractivity contribution in [2.24, 2.45) is 5.92 Å². The third kappa shape index (κ3) is 4.57. The number of nitrogens with zero attached hydrogens (tertiary/aromatic N) is 3. The van der Waals surface area contributed by atoms with E-state index < -0.39 is 0 Å². The number of likely N-dealkylation sites (N-methyl/N-ethyl adjacent to an activating group) is 1. The van der Waals surface area contributed by atoms with Crippen molar-refractivity contribution in [2.75, 3.05) is 46.3 Å². The first kappa shape index (κ1) is 20.2. The monoisotopic (exact) mass is 394 g/mol. The fraction of sp³-hybridized carbons (Fsp3) is 0.542. The van der Waals surface area contributed by atoms with Crippen LogP contribution in [0.5, 0.6) is 0 Å². The number of piperazine rings is 1. The molecule has 5 heteroatoms. The number of benzene rings is 1. The second-order valence-corrected chi connectivity index (χ2v) is 8.89. The van der Waals surface area contributed by atoms with Crippen molar-refractivity contribution in [3.05, 3.63) is 52.8 Å². The first-order valence-electron chi connectivity index (χ1n) is 11.0. The molecule has 1 aliphatic heterocycles. The standard InChI is InChI=1S/C24H34N4O/c1-18-4-9-23-21(16-18)17-19(2)28(23)22-7-5-20(6-8-22)24(29)25-10-11-27-14-12-26(3)13-15-27/h5-8,17-18H,4,9-16H2,1-3H3,(H,25,29)/t18-/m1/s1. The van der Waals surface area contributed by atoms with Gasteiger partial charge in [-0.3, -0.25) is 9.69 Å². The molecule has 1 N–H and O–H groups in total. The average molecular weight is 395 g/mol. The molecule has 1 aliphatic carbocycles. The third-order valence-corrected chi connectivity index (χ3v) is 6.52. The van der Waals surface area contributed by atoms with Gasteiger partial charge < -0.3 is 14.8 Å². The first-order chi connectivity index (χ1) is 14.0. The van der Waals surface area contributed by atoms with Crippen molar-refractivity contribution in [3.8, 4) is 5.69 Å². The van der Waals surface area contributed by atoms with E-state index in [0.29, 0.717) is 6.54 Å². The lowest BCUT2D eigenvalue weighted by molar-refractivity contribution is 0.0941. The number of rotatable bonds is 5. The highest BCUT2D eigenvalue weighted by Gasteiger charge is 2.21. The Balaban J connectivity index is 1.36. The summed E-state index contributed by atoms with van der Waals surface area (Å²) in [5, 5.41) is 3.08. The van der Waals surface area contributed by atoms with Gasteiger partial charge in [-0.2, -0.15) is 0 Å². The molecule has 2 heterocycles. The summed E-state index contributed by atoms with van der Waals surface area (Å²) in [7, 11) is 2.16. The Bertz CT molecular complexity index is 847. The number of carbonyl (C=O) groups excluding carboxylic acids is 1. The van der Waals surface area contributed by atoms with Crippen LogP contribution in [0.4, 0.5) is 0 Å². The number of amides is 1. The van der Waals surface area contributed by atoms with Gasteiger partial charge in [-0.25, -0.2) is 0 Å². The molecule has 0 radical (unpaired) electrons. The number of nitrogens with one attached hydrogen (secondary N) is 1. The number of hydrogen-bond donors (Lipinski definition) is 1. The van der Waals surface area contributed by atoms with Crippen LogP contribution in [0.15, 0.2) is 30.3 Å². The first-order valence-corrected chi connectivity index (χ1v) is 11.0. The largest absolute Gasteiger partial charge is 0.351 e. The second kappa shape index (κ2) is 8.72. The minimum absolute atomic E-state index is 0.0192. The normalized spacial score (nSPS) is 20.4. The van der Waals surface area contributed by atoms with Gasteiger partial charge in [-0.15, -0.1) is 0 Å². The van der Waals surface area contributed by atoms with Crippen molar-refractivity contribution >= 4 is 5.91 Å². The minimum atomic E-state index is 0.0192. The molecule has 1 fully saturated rings. The molecule has 5 nitrogen and oxygen atoms in total. The molecule has 0 bridgehead atoms. The highest BCUT2D eigenvalue weighted by atomic mass is 16.1. The lowest BCUT2D eigenvalue weighted by Gasteiger charge is -2.32. The number of carbonyl (C=O) groups is 1. The molecule has 1 aromatic carbocycles. The predicted octanol–water partition coefficient (Wildman–Crippen LogP) is 2.89. The van der Waals surface area contributed by atoms with Crippen LogP contribution in [-0.4, -0.2) is 66.6 Å². The Morgan fingerprint density at radius 3 is 2.59 bits per heavy atom. The van der Waals surface area contributed by atoms with Gasteiger partial charge >= 0.3 is 0 Å². The van der Waals surface area contributed by atoms with E-state index >= 15 is 0 Å². The quantitative estimate of drug-likeness (QED) is 0.848. The van der Waals surface area contributed by atoms with E-state index in [9.17, 15) is 4.79 Å². The zero-order valence-corrected chi connectivity index (χ0v) is 18.1. The molecule has 1 aromatic heterocycles. The van der Waals surface area contributed by atoms with Gasteiger partial charge in [0.1, 0.15) is 0 Å². The Kier molecular flexibility index (Phi) is 6.07. The highest BCUT2D eigenvalue weighted by molar-refractivity contribution is 5.94. The Morgan fingerprint density at radius 2 is 1.86 bits per heavy atom. The highest BCUT2D eigenvalue weighted by Crippen LogP contribution is 2.30. The van der Waals surface area contributed by atoms with Crippen LogP contribution in [0.25, 0.3) is 5.69 Å². The van der Waals surface area contributed by atoms with Crippen molar-refractivity contribution in [1.29, 1.82) is 0 Å². The van der Waals surface area contributed by atoms with Crippen molar-refractivity contribution in [1.82, 2.24) is 19.7 Å². The van der Waals surface area contributed by atoms with Crippen LogP contribution in [-0.2, 0) is 12.8 Å². The summed E-state index contributed by atoms with van der Waals surface area (Å²) in [6.45, 7) is 10.5. The summed E-state index contributed by atoms with van der Waals surface area (Å²) in [5.74, 6) is 0.792. The molecule has 4 rings (SSSR count). The molecule has 2 aliphatic rings. The molecule has 1 atom stereocenters. The number of hydrogen-bond acceptors (Lipinski definition) is 3. The van der Waals surface area contributed by atoms with E-state index in [4.69, 9.17) is 0 Å². The van der Waals surface area contributed by atoms with Gasteiger partial charge in [0.15, 0.2) is 0 Å². The summed E-state index contributed by atoms with van der Waals surface area (Å²) in [6, 6.07) is 10.4. The molecule has 2 aromatic rings. The van der Waals surface area contributed by atoms with Crippen LogP contribution < -0.4 is 5.32 Å². The van der Waals surface area contributed by atoms with Gasteiger partial charge in [0.05, 0.1) is 0 Å². The van der Waals surface area contributed by atoms with Crippen LogP contribution in [0.3, 0.4) is 0 Å². The lowest BCUT2D eigenvalue weighted by atomic mass is 9.89. The zero-order valence-electron chi connectivity index (χ0n) is 18.1. The number of fused-ring (bicyclic) bond motifs is 1. The SMILES string of the molecule is Cc1cc2c(n1-c1ccc(C(=O)NCCN3CCN(C)CC3)cc1)CC[C@@H](C)C2. The van der Waals surface area contributed by atoms with Gasteiger partial charge in [-0.05, 0) is 75.0 Å². The van der Waals surface area contributed by atoms with Crippen molar-refractivity contribution in [3.63, 3.8) is 0 Å². The maximum atomic E-state index is 12.5. The van der Waals surface area contributed by atoms with Crippen LogP contribution in [0, 0.1) is 12.8 Å². The predicted molar refractivity (Wildman–Crippen MR) is 118 cm³/mol. The third-order valence-electron chi connectivity index (χ3n) is 6.52.